The van der Waals surface area contributed by atoms with Gasteiger partial charge in [0.2, 0.25) is 5.95 Å². The second-order valence-corrected chi connectivity index (χ2v) is 5.66. The molecule has 5 heteroatoms. The van der Waals surface area contributed by atoms with Gasteiger partial charge in [0, 0.05) is 18.1 Å². The van der Waals surface area contributed by atoms with E-state index in [1.54, 1.807) is 24.4 Å². The highest BCUT2D eigenvalue weighted by molar-refractivity contribution is 6.01. The summed E-state index contributed by atoms with van der Waals surface area (Å²) in [5, 5.41) is 13.0. The number of carbonyl (C=O) groups is 1. The highest BCUT2D eigenvalue weighted by Gasteiger charge is 2.13. The van der Waals surface area contributed by atoms with Crippen molar-refractivity contribution >= 4 is 22.8 Å². The molecule has 1 aromatic heterocycles. The topological polar surface area (TPSA) is 75.1 Å². The Labute approximate surface area is 111 Å². The molecule has 0 saturated carbocycles. The summed E-state index contributed by atoms with van der Waals surface area (Å²) < 4.78 is 0. The standard InChI is InChI=1S/C14H17N3O2/c1-14(2,3)8-16-13-15-7-9-5-4-6-10(12(18)19)11(9)17-13/h4-7H,8H2,1-3H3,(H,18,19)(H,15,16,17). The van der Waals surface area contributed by atoms with E-state index in [9.17, 15) is 4.79 Å². The van der Waals surface area contributed by atoms with Crippen molar-refractivity contribution in [3.05, 3.63) is 30.0 Å². The average Bonchev–Trinajstić information content (AvgIpc) is 2.34. The van der Waals surface area contributed by atoms with E-state index in [4.69, 9.17) is 5.11 Å². The minimum absolute atomic E-state index is 0.102. The van der Waals surface area contributed by atoms with Crippen molar-refractivity contribution in [3.63, 3.8) is 0 Å². The summed E-state index contributed by atoms with van der Waals surface area (Å²) in [4.78, 5) is 19.7. The molecule has 19 heavy (non-hydrogen) atoms. The Morgan fingerprint density at radius 2 is 2.11 bits per heavy atom. The van der Waals surface area contributed by atoms with Crippen LogP contribution in [0.3, 0.4) is 0 Å². The third-order valence-electron chi connectivity index (χ3n) is 2.62. The van der Waals surface area contributed by atoms with E-state index < -0.39 is 5.97 Å². The first kappa shape index (κ1) is 13.3. The molecule has 2 rings (SSSR count). The van der Waals surface area contributed by atoms with Gasteiger partial charge >= 0.3 is 5.97 Å². The van der Waals surface area contributed by atoms with Crippen LogP contribution in [0.5, 0.6) is 0 Å². The number of rotatable bonds is 3. The summed E-state index contributed by atoms with van der Waals surface area (Å²) >= 11 is 0. The zero-order valence-electron chi connectivity index (χ0n) is 11.3. The lowest BCUT2D eigenvalue weighted by Gasteiger charge is -2.18. The highest BCUT2D eigenvalue weighted by atomic mass is 16.4. The van der Waals surface area contributed by atoms with Gasteiger partial charge in [0.25, 0.3) is 0 Å². The minimum Gasteiger partial charge on any atom is -0.478 e. The van der Waals surface area contributed by atoms with Crippen molar-refractivity contribution in [1.29, 1.82) is 0 Å². The number of anilines is 1. The Morgan fingerprint density at radius 3 is 2.74 bits per heavy atom. The molecule has 0 spiro atoms. The molecule has 2 N–H and O–H groups in total. The fraction of sp³-hybridized carbons (Fsp3) is 0.357. The van der Waals surface area contributed by atoms with Crippen molar-refractivity contribution in [2.45, 2.75) is 20.8 Å². The summed E-state index contributed by atoms with van der Waals surface area (Å²) in [6, 6.07) is 5.04. The third kappa shape index (κ3) is 3.19. The molecule has 100 valence electrons. The maximum Gasteiger partial charge on any atom is 0.337 e. The lowest BCUT2D eigenvalue weighted by Crippen LogP contribution is -2.20. The van der Waals surface area contributed by atoms with Crippen LogP contribution in [0, 0.1) is 5.41 Å². The van der Waals surface area contributed by atoms with Gasteiger partial charge in [0.1, 0.15) is 0 Å². The molecule has 0 amide bonds. The van der Waals surface area contributed by atoms with E-state index >= 15 is 0 Å². The summed E-state index contributed by atoms with van der Waals surface area (Å²) in [6.07, 6.45) is 1.64. The van der Waals surface area contributed by atoms with Gasteiger partial charge in [-0.1, -0.05) is 32.9 Å². The van der Waals surface area contributed by atoms with Gasteiger partial charge < -0.3 is 10.4 Å². The number of carboxylic acids is 1. The van der Waals surface area contributed by atoms with Crippen LogP contribution in [-0.2, 0) is 0 Å². The van der Waals surface area contributed by atoms with Gasteiger partial charge in [0.15, 0.2) is 0 Å². The summed E-state index contributed by atoms with van der Waals surface area (Å²) in [7, 11) is 0. The number of nitrogens with zero attached hydrogens (tertiary/aromatic N) is 2. The average molecular weight is 259 g/mol. The number of aromatic carboxylic acids is 1. The number of hydrogen-bond donors (Lipinski definition) is 2. The third-order valence-corrected chi connectivity index (χ3v) is 2.62. The zero-order chi connectivity index (χ0) is 14.0. The van der Waals surface area contributed by atoms with Crippen molar-refractivity contribution in [2.24, 2.45) is 5.41 Å². The minimum atomic E-state index is -0.980. The van der Waals surface area contributed by atoms with Crippen molar-refractivity contribution in [1.82, 2.24) is 9.97 Å². The van der Waals surface area contributed by atoms with Crippen LogP contribution in [0.25, 0.3) is 10.9 Å². The van der Waals surface area contributed by atoms with E-state index in [1.807, 2.05) is 0 Å². The molecule has 0 radical (unpaired) electrons. The molecule has 2 aromatic rings. The summed E-state index contributed by atoms with van der Waals surface area (Å²) in [6.45, 7) is 7.02. The van der Waals surface area contributed by atoms with Gasteiger partial charge in [-0.05, 0) is 11.5 Å². The number of hydrogen-bond acceptors (Lipinski definition) is 4. The Morgan fingerprint density at radius 1 is 1.37 bits per heavy atom. The van der Waals surface area contributed by atoms with Gasteiger partial charge in [-0.15, -0.1) is 0 Å². The van der Waals surface area contributed by atoms with Crippen molar-refractivity contribution in [3.8, 4) is 0 Å². The fourth-order valence-electron chi connectivity index (χ4n) is 1.66. The molecule has 0 fully saturated rings. The smallest absolute Gasteiger partial charge is 0.337 e. The van der Waals surface area contributed by atoms with Crippen LogP contribution in [0.4, 0.5) is 5.95 Å². The summed E-state index contributed by atoms with van der Waals surface area (Å²) in [5.41, 5.74) is 0.755. The van der Waals surface area contributed by atoms with Crippen LogP contribution in [0.2, 0.25) is 0 Å². The van der Waals surface area contributed by atoms with Crippen molar-refractivity contribution < 1.29 is 9.90 Å². The number of aromatic nitrogens is 2. The lowest BCUT2D eigenvalue weighted by atomic mass is 9.97. The van der Waals surface area contributed by atoms with Crippen LogP contribution in [-0.4, -0.2) is 27.6 Å². The number of nitrogens with one attached hydrogen (secondary N) is 1. The van der Waals surface area contributed by atoms with Gasteiger partial charge in [-0.3, -0.25) is 0 Å². The van der Waals surface area contributed by atoms with E-state index in [2.05, 4.69) is 36.1 Å². The molecule has 0 aliphatic rings. The molecular formula is C14H17N3O2. The predicted octanol–water partition coefficient (Wildman–Crippen LogP) is 2.79. The SMILES string of the molecule is CC(C)(C)CNc1ncc2cccc(C(=O)O)c2n1. The fourth-order valence-corrected chi connectivity index (χ4v) is 1.66. The van der Waals surface area contributed by atoms with Gasteiger partial charge in [0.05, 0.1) is 11.1 Å². The first-order chi connectivity index (χ1) is 8.87. The zero-order valence-corrected chi connectivity index (χ0v) is 11.3. The Bertz CT molecular complexity index is 618. The number of para-hydroxylation sites is 1. The molecule has 0 bridgehead atoms. The molecule has 0 aliphatic heterocycles. The quantitative estimate of drug-likeness (QED) is 0.886. The number of carboxylic acid groups (broad SMARTS) is 1. The summed E-state index contributed by atoms with van der Waals surface area (Å²) in [5.74, 6) is -0.526. The predicted molar refractivity (Wildman–Crippen MR) is 74.4 cm³/mol. The maximum absolute atomic E-state index is 11.2. The van der Waals surface area contributed by atoms with Gasteiger partial charge in [-0.2, -0.15) is 0 Å². The highest BCUT2D eigenvalue weighted by Crippen LogP contribution is 2.19. The van der Waals surface area contributed by atoms with E-state index in [-0.39, 0.29) is 11.0 Å². The van der Waals surface area contributed by atoms with Crippen molar-refractivity contribution in [2.75, 3.05) is 11.9 Å². The maximum atomic E-state index is 11.2. The lowest BCUT2D eigenvalue weighted by molar-refractivity contribution is 0.0699. The molecule has 1 aromatic carbocycles. The largest absolute Gasteiger partial charge is 0.478 e. The van der Waals surface area contributed by atoms with Crippen LogP contribution in [0.1, 0.15) is 31.1 Å². The van der Waals surface area contributed by atoms with Gasteiger partial charge in [-0.25, -0.2) is 14.8 Å². The Kier molecular flexibility index (Phi) is 3.38. The molecule has 1 heterocycles. The molecule has 0 atom stereocenters. The second-order valence-electron chi connectivity index (χ2n) is 5.66. The van der Waals surface area contributed by atoms with Crippen LogP contribution in [0.15, 0.2) is 24.4 Å². The monoisotopic (exact) mass is 259 g/mol. The van der Waals surface area contributed by atoms with Crippen LogP contribution < -0.4 is 5.32 Å². The van der Waals surface area contributed by atoms with E-state index in [0.29, 0.717) is 18.0 Å². The molecule has 5 nitrogen and oxygen atoms in total. The number of fused-ring (bicyclic) bond motifs is 1. The van der Waals surface area contributed by atoms with E-state index in [0.717, 1.165) is 5.39 Å². The van der Waals surface area contributed by atoms with Crippen LogP contribution >= 0.6 is 0 Å². The Hall–Kier alpha value is -2.17. The van der Waals surface area contributed by atoms with E-state index in [1.165, 1.54) is 0 Å². The number of benzene rings is 1. The normalized spacial score (nSPS) is 11.5. The first-order valence-corrected chi connectivity index (χ1v) is 6.10. The Balaban J connectivity index is 2.38. The molecule has 0 unspecified atom stereocenters. The first-order valence-electron chi connectivity index (χ1n) is 6.10. The second kappa shape index (κ2) is 4.84. The molecule has 0 saturated heterocycles. The molecule has 0 aliphatic carbocycles. The molecular weight excluding hydrogens is 242 g/mol.